The van der Waals surface area contributed by atoms with Crippen molar-refractivity contribution in [1.82, 2.24) is 0 Å². The molecular formula is C29H48O4. The highest BCUT2D eigenvalue weighted by molar-refractivity contribution is 5.80. The summed E-state index contributed by atoms with van der Waals surface area (Å²) in [6.45, 7) is 10.3. The zero-order valence-electron chi connectivity index (χ0n) is 21.1. The molecule has 0 aliphatic heterocycles. The molecule has 0 aromatic carbocycles. The van der Waals surface area contributed by atoms with E-state index in [9.17, 15) is 15.0 Å². The predicted octanol–water partition coefficient (Wildman–Crippen LogP) is 7.01. The van der Waals surface area contributed by atoms with Crippen molar-refractivity contribution in [3.05, 3.63) is 61.3 Å². The summed E-state index contributed by atoms with van der Waals surface area (Å²) in [6.07, 6.45) is 25.3. The Morgan fingerprint density at radius 3 is 2.27 bits per heavy atom. The molecule has 33 heavy (non-hydrogen) atoms. The fourth-order valence-electron chi connectivity index (χ4n) is 3.70. The van der Waals surface area contributed by atoms with Crippen molar-refractivity contribution in [1.29, 1.82) is 0 Å². The normalized spacial score (nSPS) is 17.1. The molecule has 0 radical (unpaired) electrons. The van der Waals surface area contributed by atoms with Gasteiger partial charge < -0.3 is 15.3 Å². The number of carboxylic acids is 1. The van der Waals surface area contributed by atoms with Gasteiger partial charge in [0, 0.05) is 6.08 Å². The lowest BCUT2D eigenvalue weighted by atomic mass is 9.90. The van der Waals surface area contributed by atoms with Crippen molar-refractivity contribution in [3.63, 3.8) is 0 Å². The summed E-state index contributed by atoms with van der Waals surface area (Å²) in [5.41, 5.74) is 0. The number of aliphatic hydroxyl groups excluding tert-OH is 2. The van der Waals surface area contributed by atoms with Crippen LogP contribution in [0.5, 0.6) is 0 Å². The van der Waals surface area contributed by atoms with E-state index in [1.165, 1.54) is 18.9 Å². The van der Waals surface area contributed by atoms with Crippen LogP contribution >= 0.6 is 0 Å². The summed E-state index contributed by atoms with van der Waals surface area (Å²) in [4.78, 5) is 10.4. The minimum absolute atomic E-state index is 0.210. The van der Waals surface area contributed by atoms with E-state index in [2.05, 4.69) is 45.6 Å². The Hall–Kier alpha value is -1.91. The van der Waals surface area contributed by atoms with Crippen molar-refractivity contribution in [2.45, 2.75) is 97.2 Å². The van der Waals surface area contributed by atoms with Crippen molar-refractivity contribution >= 4 is 5.97 Å². The smallest absolute Gasteiger partial charge is 0.328 e. The van der Waals surface area contributed by atoms with Gasteiger partial charge in [-0.3, -0.25) is 0 Å². The van der Waals surface area contributed by atoms with Crippen LogP contribution in [0, 0.1) is 17.8 Å². The molecule has 0 saturated carbocycles. The lowest BCUT2D eigenvalue weighted by Gasteiger charge is -2.20. The third kappa shape index (κ3) is 20.4. The molecule has 0 amide bonds. The van der Waals surface area contributed by atoms with E-state index in [-0.39, 0.29) is 6.10 Å². The molecule has 0 saturated heterocycles. The van der Waals surface area contributed by atoms with Crippen LogP contribution in [0.25, 0.3) is 0 Å². The van der Waals surface area contributed by atoms with Gasteiger partial charge in [0.1, 0.15) is 0 Å². The Labute approximate surface area is 202 Å². The second-order valence-electron chi connectivity index (χ2n) is 9.40. The highest BCUT2D eigenvalue weighted by atomic mass is 16.4. The maximum Gasteiger partial charge on any atom is 0.328 e. The summed E-state index contributed by atoms with van der Waals surface area (Å²) in [5, 5.41) is 28.9. The zero-order valence-corrected chi connectivity index (χ0v) is 21.1. The minimum Gasteiger partial charge on any atom is -0.478 e. The third-order valence-corrected chi connectivity index (χ3v) is 6.05. The number of carbonyl (C=O) groups is 1. The quantitative estimate of drug-likeness (QED) is 0.104. The summed E-state index contributed by atoms with van der Waals surface area (Å²) < 4.78 is 0. The van der Waals surface area contributed by atoms with Crippen LogP contribution in [0.4, 0.5) is 0 Å². The van der Waals surface area contributed by atoms with Crippen molar-refractivity contribution in [3.8, 4) is 0 Å². The Balaban J connectivity index is 3.88. The van der Waals surface area contributed by atoms with Crippen LogP contribution in [-0.2, 0) is 4.79 Å². The van der Waals surface area contributed by atoms with Crippen molar-refractivity contribution in [2.75, 3.05) is 0 Å². The number of hydrogen-bond donors (Lipinski definition) is 3. The summed E-state index contributed by atoms with van der Waals surface area (Å²) in [7, 11) is 0. The fraction of sp³-hybridized carbons (Fsp3) is 0.621. The van der Waals surface area contributed by atoms with E-state index in [0.717, 1.165) is 44.6 Å². The molecule has 4 heteroatoms. The van der Waals surface area contributed by atoms with Gasteiger partial charge in [0.15, 0.2) is 0 Å². The van der Waals surface area contributed by atoms with Crippen LogP contribution in [-0.4, -0.2) is 33.5 Å². The SMILES string of the molecule is C=C/C=C\CCC(C)C(O)CCC(C)CCCC(C)/C=C\CCC(O)C/C=C/C=C\C(=O)O. The number of allylic oxidation sites excluding steroid dienone is 7. The molecule has 5 unspecified atom stereocenters. The molecule has 0 heterocycles. The van der Waals surface area contributed by atoms with Crippen molar-refractivity contribution in [2.24, 2.45) is 17.8 Å². The molecular weight excluding hydrogens is 412 g/mol. The fourth-order valence-corrected chi connectivity index (χ4v) is 3.70. The minimum atomic E-state index is -0.971. The summed E-state index contributed by atoms with van der Waals surface area (Å²) >= 11 is 0. The third-order valence-electron chi connectivity index (χ3n) is 6.05. The monoisotopic (exact) mass is 460 g/mol. The molecule has 4 nitrogen and oxygen atoms in total. The molecule has 0 aliphatic rings. The number of aliphatic hydroxyl groups is 2. The maximum atomic E-state index is 10.4. The molecule has 3 N–H and O–H groups in total. The molecule has 0 spiro atoms. The van der Waals surface area contributed by atoms with Crippen LogP contribution in [0.2, 0.25) is 0 Å². The van der Waals surface area contributed by atoms with Crippen LogP contribution in [0.1, 0.15) is 85.0 Å². The van der Waals surface area contributed by atoms with Crippen LogP contribution < -0.4 is 0 Å². The van der Waals surface area contributed by atoms with E-state index in [1.807, 2.05) is 6.08 Å². The molecule has 0 aliphatic carbocycles. The van der Waals surface area contributed by atoms with Gasteiger partial charge >= 0.3 is 5.97 Å². The molecule has 0 aromatic rings. The first-order chi connectivity index (χ1) is 15.8. The molecule has 5 atom stereocenters. The van der Waals surface area contributed by atoms with E-state index in [1.54, 1.807) is 18.2 Å². The lowest BCUT2D eigenvalue weighted by Crippen LogP contribution is -2.18. The zero-order chi connectivity index (χ0) is 24.9. The van der Waals surface area contributed by atoms with Gasteiger partial charge in [-0.1, -0.05) is 88.8 Å². The van der Waals surface area contributed by atoms with Gasteiger partial charge in [-0.05, 0) is 69.1 Å². The number of rotatable bonds is 20. The van der Waals surface area contributed by atoms with Gasteiger partial charge in [-0.2, -0.15) is 0 Å². The second kappa shape index (κ2) is 20.7. The van der Waals surface area contributed by atoms with Crippen LogP contribution in [0.3, 0.4) is 0 Å². The molecule has 0 bridgehead atoms. The average molecular weight is 461 g/mol. The molecule has 0 aromatic heterocycles. The maximum absolute atomic E-state index is 10.4. The van der Waals surface area contributed by atoms with Crippen LogP contribution in [0.15, 0.2) is 61.3 Å². The Morgan fingerprint density at radius 2 is 1.58 bits per heavy atom. The van der Waals surface area contributed by atoms with E-state index in [0.29, 0.717) is 30.6 Å². The van der Waals surface area contributed by atoms with Gasteiger partial charge in [-0.15, -0.1) is 0 Å². The first-order valence-electron chi connectivity index (χ1n) is 12.6. The summed E-state index contributed by atoms with van der Waals surface area (Å²) in [5.74, 6) is 0.531. The highest BCUT2D eigenvalue weighted by Gasteiger charge is 2.15. The lowest BCUT2D eigenvalue weighted by molar-refractivity contribution is -0.131. The van der Waals surface area contributed by atoms with E-state index in [4.69, 9.17) is 5.11 Å². The predicted molar refractivity (Wildman–Crippen MR) is 140 cm³/mol. The van der Waals surface area contributed by atoms with Gasteiger partial charge in [0.25, 0.3) is 0 Å². The highest BCUT2D eigenvalue weighted by Crippen LogP contribution is 2.22. The largest absolute Gasteiger partial charge is 0.478 e. The van der Waals surface area contributed by atoms with E-state index >= 15 is 0 Å². The van der Waals surface area contributed by atoms with E-state index < -0.39 is 12.1 Å². The Morgan fingerprint density at radius 1 is 0.848 bits per heavy atom. The summed E-state index contributed by atoms with van der Waals surface area (Å²) in [6, 6.07) is 0. The number of hydrogen-bond acceptors (Lipinski definition) is 3. The number of aliphatic carboxylic acids is 1. The molecule has 188 valence electrons. The Kier molecular flexibility index (Phi) is 19.5. The average Bonchev–Trinajstić information content (AvgIpc) is 2.77. The standard InChI is InChI=1S/C29H48O4/c1-5-6-7-9-18-26(4)28(31)23-22-25(3)17-14-16-24(2)15-12-13-20-27(30)19-10-8-11-21-29(32)33/h5-8,10-12,15,21,24-28,30-31H,1,9,13-14,16-20,22-23H2,2-4H3,(H,32,33)/b7-6-,10-8+,15-12-,21-11-. The van der Waals surface area contributed by atoms with Gasteiger partial charge in [0.2, 0.25) is 0 Å². The van der Waals surface area contributed by atoms with Crippen molar-refractivity contribution < 1.29 is 20.1 Å². The van der Waals surface area contributed by atoms with Gasteiger partial charge in [-0.25, -0.2) is 4.79 Å². The first kappa shape index (κ1) is 31.1. The molecule has 0 fully saturated rings. The molecule has 0 rings (SSSR count). The first-order valence-corrected chi connectivity index (χ1v) is 12.6. The Bertz CT molecular complexity index is 617. The van der Waals surface area contributed by atoms with Gasteiger partial charge in [0.05, 0.1) is 12.2 Å². The number of carboxylic acid groups (broad SMARTS) is 1. The topological polar surface area (TPSA) is 77.8 Å². The second-order valence-corrected chi connectivity index (χ2v) is 9.40.